The van der Waals surface area contributed by atoms with Crippen LogP contribution < -0.4 is 0 Å². The summed E-state index contributed by atoms with van der Waals surface area (Å²) in [7, 11) is 0. The molecular weight excluding hydrogens is 448 g/mol. The summed E-state index contributed by atoms with van der Waals surface area (Å²) >= 11 is 0. The molecule has 5 rings (SSSR count). The van der Waals surface area contributed by atoms with Gasteiger partial charge in [0.1, 0.15) is 11.5 Å². The van der Waals surface area contributed by atoms with Crippen molar-refractivity contribution >= 4 is 11.6 Å². The van der Waals surface area contributed by atoms with Crippen LogP contribution in [0.25, 0.3) is 22.3 Å². The van der Waals surface area contributed by atoms with E-state index in [1.807, 2.05) is 48.5 Å². The van der Waals surface area contributed by atoms with Crippen LogP contribution in [0.2, 0.25) is 0 Å². The third-order valence-corrected chi connectivity index (χ3v) is 6.08. The van der Waals surface area contributed by atoms with Crippen molar-refractivity contribution in [2.45, 2.75) is 0 Å². The molecule has 0 unspecified atom stereocenters. The van der Waals surface area contributed by atoms with E-state index < -0.39 is 0 Å². The number of phenols is 2. The summed E-state index contributed by atoms with van der Waals surface area (Å²) in [5.74, 6) is 0.0793. The van der Waals surface area contributed by atoms with E-state index in [2.05, 4.69) is 0 Å². The molecule has 5 aromatic rings. The van der Waals surface area contributed by atoms with Gasteiger partial charge in [-0.25, -0.2) is 0 Å². The van der Waals surface area contributed by atoms with Crippen LogP contribution in [0.15, 0.2) is 121 Å². The van der Waals surface area contributed by atoms with Crippen LogP contribution in [0, 0.1) is 0 Å². The van der Waals surface area contributed by atoms with Crippen molar-refractivity contribution < 1.29 is 19.8 Å². The lowest BCUT2D eigenvalue weighted by molar-refractivity contribution is 0.103. The minimum atomic E-state index is -0.162. The van der Waals surface area contributed by atoms with Gasteiger partial charge >= 0.3 is 0 Å². The van der Waals surface area contributed by atoms with Crippen molar-refractivity contribution in [3.8, 4) is 33.8 Å². The minimum absolute atomic E-state index is 0.162. The number of hydrogen-bond donors (Lipinski definition) is 2. The van der Waals surface area contributed by atoms with E-state index >= 15 is 0 Å². The number of carbonyl (C=O) groups is 2. The quantitative estimate of drug-likeness (QED) is 0.265. The van der Waals surface area contributed by atoms with Gasteiger partial charge in [0.25, 0.3) is 0 Å². The minimum Gasteiger partial charge on any atom is -0.508 e. The first-order valence-corrected chi connectivity index (χ1v) is 11.5. The zero-order valence-corrected chi connectivity index (χ0v) is 19.3. The summed E-state index contributed by atoms with van der Waals surface area (Å²) in [6.45, 7) is 0. The summed E-state index contributed by atoms with van der Waals surface area (Å²) in [4.78, 5) is 26.2. The molecule has 2 N–H and O–H groups in total. The van der Waals surface area contributed by atoms with Crippen molar-refractivity contribution in [3.63, 3.8) is 0 Å². The Hall–Kier alpha value is -4.96. The standard InChI is InChI=1S/C32H22O4/c33-29-16-12-23(13-17-29)21-4-8-25(9-5-21)31(35)27-2-1-3-28(20-27)32(36)26-10-6-22(7-11-26)24-14-18-30(34)19-15-24/h1-20,33-34H. The molecule has 0 saturated heterocycles. The molecule has 0 aliphatic carbocycles. The van der Waals surface area contributed by atoms with Gasteiger partial charge in [0.15, 0.2) is 11.6 Å². The second-order valence-corrected chi connectivity index (χ2v) is 8.49. The van der Waals surface area contributed by atoms with Crippen LogP contribution >= 0.6 is 0 Å². The highest BCUT2D eigenvalue weighted by molar-refractivity contribution is 6.13. The van der Waals surface area contributed by atoms with Crippen molar-refractivity contribution in [1.29, 1.82) is 0 Å². The number of ketones is 2. The van der Waals surface area contributed by atoms with Crippen LogP contribution in [0.1, 0.15) is 31.8 Å². The third-order valence-electron chi connectivity index (χ3n) is 6.08. The molecule has 0 spiro atoms. The molecule has 0 aliphatic heterocycles. The zero-order chi connectivity index (χ0) is 25.1. The molecule has 4 heteroatoms. The number of benzene rings is 5. The van der Waals surface area contributed by atoms with Crippen molar-refractivity contribution in [3.05, 3.63) is 144 Å². The molecule has 0 aromatic heterocycles. The van der Waals surface area contributed by atoms with E-state index in [1.54, 1.807) is 72.8 Å². The Morgan fingerprint density at radius 2 is 0.694 bits per heavy atom. The maximum absolute atomic E-state index is 13.1. The van der Waals surface area contributed by atoms with Crippen molar-refractivity contribution in [2.75, 3.05) is 0 Å². The van der Waals surface area contributed by atoms with Gasteiger partial charge in [0.2, 0.25) is 0 Å². The molecule has 0 radical (unpaired) electrons. The summed E-state index contributed by atoms with van der Waals surface area (Å²) < 4.78 is 0. The van der Waals surface area contributed by atoms with E-state index in [0.717, 1.165) is 22.3 Å². The average molecular weight is 471 g/mol. The van der Waals surface area contributed by atoms with Crippen LogP contribution in [-0.4, -0.2) is 21.8 Å². The van der Waals surface area contributed by atoms with E-state index in [1.165, 1.54) is 0 Å². The lowest BCUT2D eigenvalue weighted by atomic mass is 9.95. The summed E-state index contributed by atoms with van der Waals surface area (Å²) in [6, 6.07) is 35.1. The molecule has 0 bridgehead atoms. The molecule has 0 heterocycles. The van der Waals surface area contributed by atoms with Gasteiger partial charge in [-0.3, -0.25) is 9.59 Å². The fraction of sp³-hybridized carbons (Fsp3) is 0. The topological polar surface area (TPSA) is 74.6 Å². The molecule has 0 atom stereocenters. The van der Waals surface area contributed by atoms with E-state index in [-0.39, 0.29) is 23.1 Å². The first-order valence-electron chi connectivity index (χ1n) is 11.5. The Kier molecular flexibility index (Phi) is 6.16. The molecule has 174 valence electrons. The summed E-state index contributed by atoms with van der Waals surface area (Å²) in [5.41, 5.74) is 5.70. The normalized spacial score (nSPS) is 10.7. The number of carbonyl (C=O) groups excluding carboxylic acids is 2. The Balaban J connectivity index is 1.34. The van der Waals surface area contributed by atoms with Crippen LogP contribution in [0.5, 0.6) is 11.5 Å². The maximum atomic E-state index is 13.1. The smallest absolute Gasteiger partial charge is 0.193 e. The van der Waals surface area contributed by atoms with Gasteiger partial charge in [-0.1, -0.05) is 91.0 Å². The molecule has 4 nitrogen and oxygen atoms in total. The highest BCUT2D eigenvalue weighted by atomic mass is 16.3. The molecule has 0 fully saturated rings. The average Bonchev–Trinajstić information content (AvgIpc) is 2.93. The van der Waals surface area contributed by atoms with Gasteiger partial charge < -0.3 is 10.2 Å². The number of hydrogen-bond acceptors (Lipinski definition) is 4. The monoisotopic (exact) mass is 470 g/mol. The predicted molar refractivity (Wildman–Crippen MR) is 140 cm³/mol. The number of phenolic OH excluding ortho intramolecular Hbond substituents is 2. The Labute approximate surface area is 208 Å². The largest absolute Gasteiger partial charge is 0.508 e. The maximum Gasteiger partial charge on any atom is 0.193 e. The Bertz CT molecular complexity index is 1410. The third kappa shape index (κ3) is 4.79. The van der Waals surface area contributed by atoms with Gasteiger partial charge in [-0.15, -0.1) is 0 Å². The molecule has 0 saturated carbocycles. The Morgan fingerprint density at radius 3 is 1.03 bits per heavy atom. The molecule has 36 heavy (non-hydrogen) atoms. The van der Waals surface area contributed by atoms with Gasteiger partial charge in [-0.2, -0.15) is 0 Å². The molecule has 0 aliphatic rings. The van der Waals surface area contributed by atoms with Crippen LogP contribution in [0.4, 0.5) is 0 Å². The second-order valence-electron chi connectivity index (χ2n) is 8.49. The van der Waals surface area contributed by atoms with Crippen LogP contribution in [-0.2, 0) is 0 Å². The van der Waals surface area contributed by atoms with Crippen molar-refractivity contribution in [1.82, 2.24) is 0 Å². The van der Waals surface area contributed by atoms with Gasteiger partial charge in [-0.05, 0) is 52.6 Å². The highest BCUT2D eigenvalue weighted by Gasteiger charge is 2.14. The van der Waals surface area contributed by atoms with Gasteiger partial charge in [0.05, 0.1) is 0 Å². The van der Waals surface area contributed by atoms with E-state index in [0.29, 0.717) is 22.3 Å². The zero-order valence-electron chi connectivity index (χ0n) is 19.3. The fourth-order valence-corrected chi connectivity index (χ4v) is 4.07. The fourth-order valence-electron chi connectivity index (χ4n) is 4.07. The second kappa shape index (κ2) is 9.72. The molecule has 0 amide bonds. The predicted octanol–water partition coefficient (Wildman–Crippen LogP) is 6.89. The number of rotatable bonds is 6. The first kappa shape index (κ1) is 22.8. The summed E-state index contributed by atoms with van der Waals surface area (Å²) in [6.07, 6.45) is 0. The molecule has 5 aromatic carbocycles. The Morgan fingerprint density at radius 1 is 0.389 bits per heavy atom. The first-order chi connectivity index (χ1) is 17.5. The SMILES string of the molecule is O=C(c1ccc(-c2ccc(O)cc2)cc1)c1cccc(C(=O)c2ccc(-c3ccc(O)cc3)cc2)c1. The lowest BCUT2D eigenvalue weighted by Gasteiger charge is -2.07. The lowest BCUT2D eigenvalue weighted by Crippen LogP contribution is -2.06. The molecular formula is C32H22O4. The highest BCUT2D eigenvalue weighted by Crippen LogP contribution is 2.25. The van der Waals surface area contributed by atoms with Gasteiger partial charge in [0, 0.05) is 22.3 Å². The van der Waals surface area contributed by atoms with E-state index in [9.17, 15) is 19.8 Å². The number of aromatic hydroxyl groups is 2. The van der Waals surface area contributed by atoms with E-state index in [4.69, 9.17) is 0 Å². The summed E-state index contributed by atoms with van der Waals surface area (Å²) in [5, 5.41) is 18.9. The van der Waals surface area contributed by atoms with Crippen molar-refractivity contribution in [2.24, 2.45) is 0 Å². The van der Waals surface area contributed by atoms with Crippen LogP contribution in [0.3, 0.4) is 0 Å².